The zero-order valence-electron chi connectivity index (χ0n) is 10.7. The van der Waals surface area contributed by atoms with Crippen LogP contribution in [0.4, 0.5) is 5.69 Å². The third-order valence-electron chi connectivity index (χ3n) is 3.50. The molecule has 0 radical (unpaired) electrons. The van der Waals surface area contributed by atoms with Gasteiger partial charge in [0, 0.05) is 10.9 Å². The van der Waals surface area contributed by atoms with Crippen LogP contribution in [0.15, 0.2) is 18.2 Å². The lowest BCUT2D eigenvalue weighted by molar-refractivity contribution is 0.415. The lowest BCUT2D eigenvalue weighted by atomic mass is 10.2. The van der Waals surface area contributed by atoms with Crippen molar-refractivity contribution < 1.29 is 13.2 Å². The van der Waals surface area contributed by atoms with Crippen LogP contribution >= 0.6 is 23.4 Å². The molecule has 0 unspecified atom stereocenters. The van der Waals surface area contributed by atoms with E-state index in [-0.39, 0.29) is 22.8 Å². The number of thioether (sulfide) groups is 1. The maximum absolute atomic E-state index is 11.7. The maximum Gasteiger partial charge on any atom is 0.161 e. The van der Waals surface area contributed by atoms with Crippen LogP contribution in [0, 0.1) is 5.41 Å². The van der Waals surface area contributed by atoms with Crippen LogP contribution in [0.3, 0.4) is 0 Å². The maximum atomic E-state index is 11.7. The Morgan fingerprint density at radius 1 is 1.45 bits per heavy atom. The fourth-order valence-electron chi connectivity index (χ4n) is 2.61. The van der Waals surface area contributed by atoms with Crippen LogP contribution < -0.4 is 9.64 Å². The summed E-state index contributed by atoms with van der Waals surface area (Å²) < 4.78 is 28.6. The molecule has 2 heterocycles. The number of benzene rings is 1. The number of methoxy groups -OCH3 is 1. The average molecular weight is 333 g/mol. The van der Waals surface area contributed by atoms with Gasteiger partial charge in [-0.1, -0.05) is 23.4 Å². The third-order valence-corrected chi connectivity index (χ3v) is 6.93. The van der Waals surface area contributed by atoms with E-state index in [1.807, 2.05) is 0 Å². The van der Waals surface area contributed by atoms with Crippen molar-refractivity contribution in [1.29, 1.82) is 5.41 Å². The lowest BCUT2D eigenvalue weighted by Gasteiger charge is -2.24. The van der Waals surface area contributed by atoms with Crippen molar-refractivity contribution in [2.75, 3.05) is 23.5 Å². The number of ether oxygens (including phenoxy) is 1. The summed E-state index contributed by atoms with van der Waals surface area (Å²) in [6, 6.07) is 5.06. The first kappa shape index (κ1) is 14.0. The fourth-order valence-corrected chi connectivity index (χ4v) is 6.66. The molecule has 0 saturated carbocycles. The van der Waals surface area contributed by atoms with Crippen LogP contribution in [0.2, 0.25) is 5.02 Å². The summed E-state index contributed by atoms with van der Waals surface area (Å²) in [5, 5.41) is 8.82. The molecule has 2 saturated heterocycles. The molecule has 108 valence electrons. The number of nitrogens with one attached hydrogen (secondary N) is 1. The van der Waals surface area contributed by atoms with Gasteiger partial charge >= 0.3 is 0 Å². The Morgan fingerprint density at radius 3 is 2.85 bits per heavy atom. The fraction of sp³-hybridized carbons (Fsp3) is 0.417. The number of nitrogens with zero attached hydrogens (tertiary/aromatic N) is 1. The molecule has 2 atom stereocenters. The number of sulfone groups is 1. The van der Waals surface area contributed by atoms with Crippen molar-refractivity contribution in [3.63, 3.8) is 0 Å². The number of fused-ring (bicyclic) bond motifs is 1. The Morgan fingerprint density at radius 2 is 2.20 bits per heavy atom. The minimum absolute atomic E-state index is 0.0617. The summed E-state index contributed by atoms with van der Waals surface area (Å²) in [4.78, 5) is 1.76. The highest BCUT2D eigenvalue weighted by Gasteiger charge is 2.48. The van der Waals surface area contributed by atoms with Gasteiger partial charge in [-0.3, -0.25) is 5.41 Å². The average Bonchev–Trinajstić information content (AvgIpc) is 2.79. The van der Waals surface area contributed by atoms with Crippen molar-refractivity contribution >= 4 is 44.1 Å². The molecule has 8 heteroatoms. The first-order valence-corrected chi connectivity index (χ1v) is 9.07. The molecule has 0 bridgehead atoms. The summed E-state index contributed by atoms with van der Waals surface area (Å²) >= 11 is 7.42. The largest absolute Gasteiger partial charge is 0.495 e. The number of anilines is 1. The van der Waals surface area contributed by atoms with Gasteiger partial charge in [-0.2, -0.15) is 0 Å². The minimum Gasteiger partial charge on any atom is -0.495 e. The number of amidine groups is 1. The molecule has 1 aromatic carbocycles. The lowest BCUT2D eigenvalue weighted by Crippen LogP contribution is -2.37. The highest BCUT2D eigenvalue weighted by molar-refractivity contribution is 8.15. The molecule has 0 amide bonds. The Hall–Kier alpha value is -0.920. The zero-order valence-corrected chi connectivity index (χ0v) is 13.1. The van der Waals surface area contributed by atoms with E-state index in [2.05, 4.69) is 0 Å². The molecular formula is C12H13ClN2O3S2. The molecule has 2 fully saturated rings. The van der Waals surface area contributed by atoms with E-state index < -0.39 is 9.84 Å². The van der Waals surface area contributed by atoms with Gasteiger partial charge in [-0.15, -0.1) is 0 Å². The standard InChI is InChI=1S/C12H13ClN2O3S2/c1-18-10-3-2-7(4-8(10)13)15-9-5-20(16,17)6-11(9)19-12(15)14/h2-4,9,11,14H,5-6H2,1H3/t9-,11+/m1/s1. The summed E-state index contributed by atoms with van der Waals surface area (Å²) in [5.41, 5.74) is 0.734. The van der Waals surface area contributed by atoms with Crippen LogP contribution in [-0.2, 0) is 9.84 Å². The van der Waals surface area contributed by atoms with Crippen molar-refractivity contribution in [3.8, 4) is 5.75 Å². The zero-order chi connectivity index (χ0) is 14.5. The predicted molar refractivity (Wildman–Crippen MR) is 82.0 cm³/mol. The topological polar surface area (TPSA) is 70.5 Å². The summed E-state index contributed by atoms with van der Waals surface area (Å²) in [5.74, 6) is 0.798. The van der Waals surface area contributed by atoms with Crippen molar-refractivity contribution in [2.24, 2.45) is 0 Å². The predicted octanol–water partition coefficient (Wildman–Crippen LogP) is 2.00. The monoisotopic (exact) mass is 332 g/mol. The molecule has 0 spiro atoms. The Labute approximate surface area is 126 Å². The molecule has 20 heavy (non-hydrogen) atoms. The first-order chi connectivity index (χ1) is 9.41. The van der Waals surface area contributed by atoms with E-state index in [0.29, 0.717) is 15.9 Å². The summed E-state index contributed by atoms with van der Waals surface area (Å²) in [7, 11) is -1.47. The van der Waals surface area contributed by atoms with Gasteiger partial charge in [-0.05, 0) is 18.2 Å². The molecule has 1 N–H and O–H groups in total. The third kappa shape index (κ3) is 2.27. The molecule has 3 rings (SSSR count). The van der Waals surface area contributed by atoms with Gasteiger partial charge in [0.15, 0.2) is 15.0 Å². The summed E-state index contributed by atoms with van der Waals surface area (Å²) in [6.45, 7) is 0. The van der Waals surface area contributed by atoms with E-state index in [1.165, 1.54) is 18.9 Å². The van der Waals surface area contributed by atoms with Gasteiger partial charge in [0.2, 0.25) is 0 Å². The second kappa shape index (κ2) is 4.82. The SMILES string of the molecule is COc1ccc(N2C(=N)S[C@H]3CS(=O)(=O)C[C@H]32)cc1Cl. The van der Waals surface area contributed by atoms with E-state index >= 15 is 0 Å². The summed E-state index contributed by atoms with van der Waals surface area (Å²) in [6.07, 6.45) is 0. The van der Waals surface area contributed by atoms with Crippen LogP contribution in [-0.4, -0.2) is 43.5 Å². The molecule has 0 aromatic heterocycles. The Bertz CT molecular complexity index is 677. The highest BCUT2D eigenvalue weighted by atomic mass is 35.5. The quantitative estimate of drug-likeness (QED) is 0.897. The molecule has 2 aliphatic rings. The second-order valence-electron chi connectivity index (χ2n) is 4.79. The van der Waals surface area contributed by atoms with Gasteiger partial charge < -0.3 is 9.64 Å². The van der Waals surface area contributed by atoms with Crippen molar-refractivity contribution in [1.82, 2.24) is 0 Å². The second-order valence-corrected chi connectivity index (χ2v) is 8.58. The number of rotatable bonds is 2. The van der Waals surface area contributed by atoms with E-state index in [4.69, 9.17) is 21.7 Å². The molecule has 2 aliphatic heterocycles. The smallest absolute Gasteiger partial charge is 0.161 e. The number of halogens is 1. The van der Waals surface area contributed by atoms with Crippen molar-refractivity contribution in [3.05, 3.63) is 23.2 Å². The van der Waals surface area contributed by atoms with Gasteiger partial charge in [0.25, 0.3) is 0 Å². The molecule has 1 aromatic rings. The van der Waals surface area contributed by atoms with Crippen molar-refractivity contribution in [2.45, 2.75) is 11.3 Å². The highest BCUT2D eigenvalue weighted by Crippen LogP contribution is 2.41. The van der Waals surface area contributed by atoms with Gasteiger partial charge in [-0.25, -0.2) is 8.42 Å². The van der Waals surface area contributed by atoms with E-state index in [1.54, 1.807) is 23.1 Å². The van der Waals surface area contributed by atoms with Crippen LogP contribution in [0.1, 0.15) is 0 Å². The molecule has 0 aliphatic carbocycles. The van der Waals surface area contributed by atoms with Gasteiger partial charge in [0.1, 0.15) is 5.75 Å². The molecule has 5 nitrogen and oxygen atoms in total. The molecular weight excluding hydrogens is 320 g/mol. The van der Waals surface area contributed by atoms with Gasteiger partial charge in [0.05, 0.1) is 29.7 Å². The Balaban J connectivity index is 1.97. The van der Waals surface area contributed by atoms with E-state index in [0.717, 1.165) is 5.69 Å². The normalized spacial score (nSPS) is 27.7. The van der Waals surface area contributed by atoms with Crippen LogP contribution in [0.25, 0.3) is 0 Å². The number of hydrogen-bond donors (Lipinski definition) is 1. The minimum atomic E-state index is -3.01. The van der Waals surface area contributed by atoms with E-state index in [9.17, 15) is 8.42 Å². The number of hydrogen-bond acceptors (Lipinski definition) is 5. The Kier molecular flexibility index (Phi) is 3.38. The first-order valence-electron chi connectivity index (χ1n) is 6.00. The van der Waals surface area contributed by atoms with Crippen LogP contribution in [0.5, 0.6) is 5.75 Å².